The van der Waals surface area contributed by atoms with E-state index in [4.69, 9.17) is 0 Å². The van der Waals surface area contributed by atoms with Crippen molar-refractivity contribution >= 4 is 11.5 Å². The maximum Gasteiger partial charge on any atom is 0.186 e. The molecule has 1 saturated heterocycles. The van der Waals surface area contributed by atoms with Crippen LogP contribution in [0, 0.1) is 23.6 Å². The van der Waals surface area contributed by atoms with Gasteiger partial charge < -0.3 is 15.7 Å². The van der Waals surface area contributed by atoms with Crippen molar-refractivity contribution in [3.8, 4) is 0 Å². The molecule has 0 bridgehead atoms. The monoisotopic (exact) mass is 402 g/mol. The Morgan fingerprint density at radius 3 is 2.52 bits per heavy atom. The second kappa shape index (κ2) is 9.13. The van der Waals surface area contributed by atoms with Gasteiger partial charge in [0.05, 0.1) is 5.69 Å². The molecular weight excluding hydrogens is 367 g/mol. The summed E-state index contributed by atoms with van der Waals surface area (Å²) in [5, 5.41) is 17.1. The number of benzene rings is 1. The predicted octanol–water partition coefficient (Wildman–Crippen LogP) is 4.63. The van der Waals surface area contributed by atoms with Crippen LogP contribution in [0.4, 0.5) is 10.1 Å². The van der Waals surface area contributed by atoms with Crippen LogP contribution in [0.5, 0.6) is 0 Å². The van der Waals surface area contributed by atoms with Crippen molar-refractivity contribution in [3.63, 3.8) is 0 Å². The maximum atomic E-state index is 13.9. The third-order valence-electron chi connectivity index (χ3n) is 7.79. The third-order valence-corrected chi connectivity index (χ3v) is 7.79. The molecule has 5 heteroatoms. The summed E-state index contributed by atoms with van der Waals surface area (Å²) >= 11 is 0. The highest BCUT2D eigenvalue weighted by Crippen LogP contribution is 2.50. The van der Waals surface area contributed by atoms with Gasteiger partial charge in [0, 0.05) is 18.0 Å². The molecule has 4 atom stereocenters. The lowest BCUT2D eigenvalue weighted by Crippen LogP contribution is -2.54. The number of Topliss-reactive ketones (excluding diaryl/α,β-unsaturated/α-hetero) is 1. The van der Waals surface area contributed by atoms with Crippen molar-refractivity contribution in [2.75, 3.05) is 11.9 Å². The Kier molecular flexibility index (Phi) is 6.55. The smallest absolute Gasteiger partial charge is 0.186 e. The van der Waals surface area contributed by atoms with Crippen LogP contribution in [0.3, 0.4) is 0 Å². The van der Waals surface area contributed by atoms with E-state index in [1.165, 1.54) is 57.4 Å². The molecule has 3 N–H and O–H groups in total. The van der Waals surface area contributed by atoms with Crippen LogP contribution in [-0.2, 0) is 4.79 Å². The Balaban J connectivity index is 1.49. The molecule has 1 aliphatic heterocycles. The average Bonchev–Trinajstić information content (AvgIpc) is 3.09. The Hall–Kier alpha value is -1.46. The summed E-state index contributed by atoms with van der Waals surface area (Å²) in [7, 11) is 0. The number of ketones is 1. The molecule has 1 aromatic rings. The van der Waals surface area contributed by atoms with Gasteiger partial charge in [0.15, 0.2) is 12.0 Å². The van der Waals surface area contributed by atoms with Gasteiger partial charge in [-0.25, -0.2) is 4.39 Å². The first kappa shape index (κ1) is 20.8. The van der Waals surface area contributed by atoms with Crippen molar-refractivity contribution < 1.29 is 14.3 Å². The zero-order valence-corrected chi connectivity index (χ0v) is 17.3. The number of hydrogen-bond donors (Lipinski definition) is 3. The van der Waals surface area contributed by atoms with Gasteiger partial charge in [-0.05, 0) is 49.7 Å². The second-order valence-corrected chi connectivity index (χ2v) is 9.35. The van der Waals surface area contributed by atoms with E-state index in [9.17, 15) is 14.3 Å². The molecule has 1 aromatic carbocycles. The summed E-state index contributed by atoms with van der Waals surface area (Å²) in [6.07, 6.45) is 12.3. The van der Waals surface area contributed by atoms with Gasteiger partial charge >= 0.3 is 0 Å². The molecular formula is C24H35FN2O2. The first-order valence-electron chi connectivity index (χ1n) is 11.6. The number of nitrogens with one attached hydrogen (secondary N) is 2. The van der Waals surface area contributed by atoms with E-state index < -0.39 is 12.0 Å². The van der Waals surface area contributed by atoms with Crippen LogP contribution < -0.4 is 10.6 Å². The third kappa shape index (κ3) is 4.22. The van der Waals surface area contributed by atoms with Gasteiger partial charge in [-0.1, -0.05) is 57.1 Å². The fourth-order valence-electron chi connectivity index (χ4n) is 6.37. The van der Waals surface area contributed by atoms with E-state index in [1.807, 2.05) is 0 Å². The molecule has 160 valence electrons. The molecule has 3 fully saturated rings. The fraction of sp³-hybridized carbons (Fsp3) is 0.708. The van der Waals surface area contributed by atoms with E-state index in [-0.39, 0.29) is 28.8 Å². The highest BCUT2D eigenvalue weighted by Gasteiger charge is 2.55. The van der Waals surface area contributed by atoms with Gasteiger partial charge in [0.25, 0.3) is 0 Å². The summed E-state index contributed by atoms with van der Waals surface area (Å²) in [5.41, 5.74) is 0.224. The van der Waals surface area contributed by atoms with Crippen molar-refractivity contribution in [2.45, 2.75) is 82.4 Å². The van der Waals surface area contributed by atoms with Crippen molar-refractivity contribution in [2.24, 2.45) is 17.8 Å². The molecule has 0 aromatic heterocycles. The lowest BCUT2D eigenvalue weighted by molar-refractivity contribution is -0.131. The number of fused-ring (bicyclic) bond motifs is 1. The SMILES string of the molecule is O=C(C(O)Nc1ccccc1F)C1CNC2(C3CCCCCCC3)CCCCC12. The molecule has 4 rings (SSSR count). The number of hydrogen-bond acceptors (Lipinski definition) is 4. The van der Waals surface area contributed by atoms with Crippen LogP contribution in [0.1, 0.15) is 70.6 Å². The lowest BCUT2D eigenvalue weighted by Gasteiger charge is -2.47. The zero-order valence-electron chi connectivity index (χ0n) is 17.3. The molecule has 0 amide bonds. The predicted molar refractivity (Wildman–Crippen MR) is 113 cm³/mol. The summed E-state index contributed by atoms with van der Waals surface area (Å²) in [4.78, 5) is 13.2. The molecule has 4 unspecified atom stereocenters. The second-order valence-electron chi connectivity index (χ2n) is 9.35. The molecule has 29 heavy (non-hydrogen) atoms. The van der Waals surface area contributed by atoms with Crippen LogP contribution in [0.15, 0.2) is 24.3 Å². The molecule has 0 spiro atoms. The van der Waals surface area contributed by atoms with Crippen LogP contribution in [0.25, 0.3) is 0 Å². The van der Waals surface area contributed by atoms with Crippen molar-refractivity contribution in [1.29, 1.82) is 0 Å². The number of halogens is 1. The largest absolute Gasteiger partial charge is 0.367 e. The minimum absolute atomic E-state index is 0.0492. The van der Waals surface area contributed by atoms with E-state index in [0.29, 0.717) is 12.5 Å². The number of anilines is 1. The topological polar surface area (TPSA) is 61.4 Å². The van der Waals surface area contributed by atoms with E-state index in [1.54, 1.807) is 18.2 Å². The standard InChI is InChI=1S/C24H35FN2O2/c25-20-13-6-7-14-21(20)27-23(29)22(28)18-16-26-24(15-9-8-12-19(18)24)17-10-4-2-1-3-5-11-17/h6-7,13-14,17-19,23,26-27,29H,1-5,8-12,15-16H2. The van der Waals surface area contributed by atoms with Gasteiger partial charge in [-0.2, -0.15) is 0 Å². The summed E-state index contributed by atoms with van der Waals surface area (Å²) < 4.78 is 13.9. The fourth-order valence-corrected chi connectivity index (χ4v) is 6.37. The van der Waals surface area contributed by atoms with Gasteiger partial charge in [0.1, 0.15) is 5.82 Å². The molecule has 3 aliphatic rings. The van der Waals surface area contributed by atoms with Gasteiger partial charge in [-0.15, -0.1) is 0 Å². The summed E-state index contributed by atoms with van der Waals surface area (Å²) in [6.45, 7) is 0.635. The number of para-hydroxylation sites is 1. The molecule has 2 saturated carbocycles. The Labute approximate surface area is 173 Å². The lowest BCUT2D eigenvalue weighted by atomic mass is 9.61. The number of aliphatic hydroxyl groups is 1. The van der Waals surface area contributed by atoms with Crippen molar-refractivity contribution in [1.82, 2.24) is 5.32 Å². The Morgan fingerprint density at radius 2 is 1.76 bits per heavy atom. The molecule has 4 nitrogen and oxygen atoms in total. The number of carbonyl (C=O) groups excluding carboxylic acids is 1. The molecule has 0 radical (unpaired) electrons. The normalized spacial score (nSPS) is 32.1. The molecule has 1 heterocycles. The minimum atomic E-state index is -1.37. The van der Waals surface area contributed by atoms with Crippen LogP contribution in [0.2, 0.25) is 0 Å². The maximum absolute atomic E-state index is 13.9. The first-order chi connectivity index (χ1) is 14.1. The number of carbonyl (C=O) groups is 1. The Morgan fingerprint density at radius 1 is 1.07 bits per heavy atom. The summed E-state index contributed by atoms with van der Waals surface area (Å²) in [6, 6.07) is 6.18. The molecule has 2 aliphatic carbocycles. The zero-order chi connectivity index (χ0) is 20.3. The number of aliphatic hydroxyl groups excluding tert-OH is 1. The van der Waals surface area contributed by atoms with Crippen LogP contribution >= 0.6 is 0 Å². The van der Waals surface area contributed by atoms with E-state index in [0.717, 1.165) is 19.3 Å². The van der Waals surface area contributed by atoms with E-state index in [2.05, 4.69) is 10.6 Å². The van der Waals surface area contributed by atoms with Crippen LogP contribution in [-0.4, -0.2) is 29.2 Å². The van der Waals surface area contributed by atoms with E-state index >= 15 is 0 Å². The van der Waals surface area contributed by atoms with Gasteiger partial charge in [0.2, 0.25) is 0 Å². The quantitative estimate of drug-likeness (QED) is 0.628. The summed E-state index contributed by atoms with van der Waals surface area (Å²) in [5.74, 6) is 0.0635. The van der Waals surface area contributed by atoms with Crippen molar-refractivity contribution in [3.05, 3.63) is 30.1 Å². The highest BCUT2D eigenvalue weighted by molar-refractivity contribution is 5.88. The minimum Gasteiger partial charge on any atom is -0.367 e. The number of rotatable bonds is 5. The van der Waals surface area contributed by atoms with Gasteiger partial charge in [-0.3, -0.25) is 4.79 Å². The average molecular weight is 403 g/mol. The highest BCUT2D eigenvalue weighted by atomic mass is 19.1. The Bertz CT molecular complexity index is 704. The first-order valence-corrected chi connectivity index (χ1v) is 11.6.